The lowest BCUT2D eigenvalue weighted by Crippen LogP contribution is -2.32. The number of aliphatic hydroxyl groups is 1. The number of nitrogens with one attached hydrogen (secondary N) is 2. The molecule has 0 amide bonds. The zero-order chi connectivity index (χ0) is 13.5. The van der Waals surface area contributed by atoms with Crippen LogP contribution < -0.4 is 10.9 Å². The van der Waals surface area contributed by atoms with Gasteiger partial charge >= 0.3 is 0 Å². The molecule has 1 aromatic heterocycles. The first kappa shape index (κ1) is 12.4. The third kappa shape index (κ3) is 2.55. The fourth-order valence-corrected chi connectivity index (χ4v) is 2.32. The van der Waals surface area contributed by atoms with Gasteiger partial charge in [-0.3, -0.25) is 4.79 Å². The molecule has 100 valence electrons. The summed E-state index contributed by atoms with van der Waals surface area (Å²) in [6.07, 6.45) is 1.78. The van der Waals surface area contributed by atoms with Crippen molar-refractivity contribution >= 4 is 10.9 Å². The van der Waals surface area contributed by atoms with Crippen molar-refractivity contribution in [2.45, 2.75) is 31.4 Å². The number of rotatable bonds is 4. The van der Waals surface area contributed by atoms with Gasteiger partial charge in [-0.2, -0.15) is 0 Å². The number of β-amino-alcohol motifs (C(OH)–C–C–N with tert-alkyl or cyclic N) is 1. The van der Waals surface area contributed by atoms with Crippen molar-refractivity contribution in [3.63, 3.8) is 0 Å². The van der Waals surface area contributed by atoms with Crippen LogP contribution in [0.25, 0.3) is 10.9 Å². The third-order valence-electron chi connectivity index (χ3n) is 3.88. The summed E-state index contributed by atoms with van der Waals surface area (Å²) in [6, 6.07) is 8.88. The summed E-state index contributed by atoms with van der Waals surface area (Å²) in [7, 11) is 0. The van der Waals surface area contributed by atoms with E-state index in [4.69, 9.17) is 0 Å². The smallest absolute Gasteiger partial charge is 0.248 e. The maximum atomic E-state index is 11.3. The van der Waals surface area contributed by atoms with Crippen LogP contribution in [0.4, 0.5) is 0 Å². The summed E-state index contributed by atoms with van der Waals surface area (Å²) in [5.74, 6) is 0. The van der Waals surface area contributed by atoms with Crippen LogP contribution in [-0.2, 0) is 0 Å². The first-order chi connectivity index (χ1) is 9.07. The van der Waals surface area contributed by atoms with Crippen LogP contribution in [0.1, 0.15) is 31.4 Å². The number of aromatic amines is 1. The van der Waals surface area contributed by atoms with Crippen LogP contribution >= 0.6 is 0 Å². The lowest BCUT2D eigenvalue weighted by Gasteiger charge is -2.17. The SMILES string of the molecule is CC1(NC[C@H](O)c2cccc3[nH]c(=O)ccc23)CC1. The van der Waals surface area contributed by atoms with Crippen LogP contribution in [0.2, 0.25) is 0 Å². The summed E-state index contributed by atoms with van der Waals surface area (Å²) in [5, 5.41) is 14.6. The zero-order valence-electron chi connectivity index (χ0n) is 10.9. The van der Waals surface area contributed by atoms with Gasteiger partial charge < -0.3 is 15.4 Å². The molecular weight excluding hydrogens is 240 g/mol. The highest BCUT2D eigenvalue weighted by atomic mass is 16.3. The summed E-state index contributed by atoms with van der Waals surface area (Å²) in [4.78, 5) is 14.1. The summed E-state index contributed by atoms with van der Waals surface area (Å²) in [5.41, 5.74) is 1.70. The summed E-state index contributed by atoms with van der Waals surface area (Å²) in [6.45, 7) is 2.70. The lowest BCUT2D eigenvalue weighted by atomic mass is 10.0. The first-order valence-corrected chi connectivity index (χ1v) is 6.62. The van der Waals surface area contributed by atoms with Gasteiger partial charge in [-0.15, -0.1) is 0 Å². The molecule has 0 saturated heterocycles. The number of aliphatic hydroxyl groups excluding tert-OH is 1. The molecule has 1 heterocycles. The maximum absolute atomic E-state index is 11.3. The molecule has 19 heavy (non-hydrogen) atoms. The zero-order valence-corrected chi connectivity index (χ0v) is 10.9. The lowest BCUT2D eigenvalue weighted by molar-refractivity contribution is 0.170. The third-order valence-corrected chi connectivity index (χ3v) is 3.88. The molecule has 2 aromatic rings. The van der Waals surface area contributed by atoms with Gasteiger partial charge in [-0.05, 0) is 37.5 Å². The largest absolute Gasteiger partial charge is 0.387 e. The molecule has 1 atom stereocenters. The van der Waals surface area contributed by atoms with E-state index >= 15 is 0 Å². The Morgan fingerprint density at radius 1 is 1.37 bits per heavy atom. The molecule has 1 aliphatic rings. The fraction of sp³-hybridized carbons (Fsp3) is 0.400. The minimum absolute atomic E-state index is 0.122. The molecular formula is C15H18N2O2. The quantitative estimate of drug-likeness (QED) is 0.782. The fourth-order valence-electron chi connectivity index (χ4n) is 2.32. The second-order valence-corrected chi connectivity index (χ2v) is 5.59. The predicted molar refractivity (Wildman–Crippen MR) is 75.2 cm³/mol. The van der Waals surface area contributed by atoms with Gasteiger partial charge in [0.15, 0.2) is 0 Å². The highest BCUT2D eigenvalue weighted by Gasteiger charge is 2.36. The molecule has 3 rings (SSSR count). The minimum atomic E-state index is -0.563. The van der Waals surface area contributed by atoms with Crippen molar-refractivity contribution in [2.75, 3.05) is 6.54 Å². The van der Waals surface area contributed by atoms with Gasteiger partial charge in [0.2, 0.25) is 5.56 Å². The van der Waals surface area contributed by atoms with Crippen LogP contribution in [0, 0.1) is 0 Å². The van der Waals surface area contributed by atoms with Crippen molar-refractivity contribution in [3.8, 4) is 0 Å². The van der Waals surface area contributed by atoms with Gasteiger partial charge in [0.1, 0.15) is 0 Å². The van der Waals surface area contributed by atoms with Gasteiger partial charge in [0, 0.05) is 29.1 Å². The monoisotopic (exact) mass is 258 g/mol. The molecule has 1 aromatic carbocycles. The Morgan fingerprint density at radius 2 is 2.16 bits per heavy atom. The van der Waals surface area contributed by atoms with E-state index in [1.54, 1.807) is 6.07 Å². The van der Waals surface area contributed by atoms with Crippen LogP contribution in [0.5, 0.6) is 0 Å². The number of aromatic nitrogens is 1. The maximum Gasteiger partial charge on any atom is 0.248 e. The van der Waals surface area contributed by atoms with E-state index in [1.165, 1.54) is 18.9 Å². The highest BCUT2D eigenvalue weighted by Crippen LogP contribution is 2.34. The molecule has 1 fully saturated rings. The van der Waals surface area contributed by atoms with Crippen LogP contribution in [-0.4, -0.2) is 22.2 Å². The molecule has 3 N–H and O–H groups in total. The van der Waals surface area contributed by atoms with Crippen molar-refractivity contribution in [3.05, 3.63) is 46.2 Å². The number of hydrogen-bond donors (Lipinski definition) is 3. The second kappa shape index (κ2) is 4.47. The Labute approximate surface area is 111 Å². The highest BCUT2D eigenvalue weighted by molar-refractivity contribution is 5.82. The van der Waals surface area contributed by atoms with E-state index in [-0.39, 0.29) is 11.1 Å². The molecule has 0 aliphatic heterocycles. The molecule has 4 heteroatoms. The average Bonchev–Trinajstić information content (AvgIpc) is 3.13. The molecule has 0 radical (unpaired) electrons. The predicted octanol–water partition coefficient (Wildman–Crippen LogP) is 1.70. The molecule has 0 unspecified atom stereocenters. The van der Waals surface area contributed by atoms with Crippen molar-refractivity contribution in [1.82, 2.24) is 10.3 Å². The molecule has 0 spiro atoms. The number of benzene rings is 1. The first-order valence-electron chi connectivity index (χ1n) is 6.62. The van der Waals surface area contributed by atoms with Crippen molar-refractivity contribution in [1.29, 1.82) is 0 Å². The number of fused-ring (bicyclic) bond motifs is 1. The van der Waals surface area contributed by atoms with E-state index in [2.05, 4.69) is 17.2 Å². The summed E-state index contributed by atoms with van der Waals surface area (Å²) >= 11 is 0. The second-order valence-electron chi connectivity index (χ2n) is 5.59. The molecule has 1 aliphatic carbocycles. The molecule has 1 saturated carbocycles. The van der Waals surface area contributed by atoms with E-state index in [0.29, 0.717) is 6.54 Å². The van der Waals surface area contributed by atoms with Gasteiger partial charge in [0.25, 0.3) is 0 Å². The van der Waals surface area contributed by atoms with Gasteiger partial charge in [0.05, 0.1) is 6.10 Å². The van der Waals surface area contributed by atoms with Gasteiger partial charge in [-0.1, -0.05) is 12.1 Å². The van der Waals surface area contributed by atoms with E-state index in [0.717, 1.165) is 16.5 Å². The number of hydrogen-bond acceptors (Lipinski definition) is 3. The Kier molecular flexibility index (Phi) is 2.92. The number of pyridine rings is 1. The molecule has 4 nitrogen and oxygen atoms in total. The van der Waals surface area contributed by atoms with Crippen molar-refractivity contribution < 1.29 is 5.11 Å². The Balaban J connectivity index is 1.88. The summed E-state index contributed by atoms with van der Waals surface area (Å²) < 4.78 is 0. The van der Waals surface area contributed by atoms with E-state index in [9.17, 15) is 9.90 Å². The average molecular weight is 258 g/mol. The topological polar surface area (TPSA) is 65.1 Å². The van der Waals surface area contributed by atoms with E-state index < -0.39 is 6.10 Å². The Bertz CT molecular complexity index is 658. The Morgan fingerprint density at radius 3 is 2.89 bits per heavy atom. The number of H-pyrrole nitrogens is 1. The standard InChI is InChI=1S/C15H18N2O2/c1-15(7-8-15)16-9-13(18)11-3-2-4-12-10(11)5-6-14(19)17-12/h2-6,13,16,18H,7-9H2,1H3,(H,17,19)/t13-/m0/s1. The minimum Gasteiger partial charge on any atom is -0.387 e. The van der Waals surface area contributed by atoms with E-state index in [1.807, 2.05) is 18.2 Å². The Hall–Kier alpha value is -1.65. The van der Waals surface area contributed by atoms with Crippen LogP contribution in [0.15, 0.2) is 35.1 Å². The van der Waals surface area contributed by atoms with Crippen molar-refractivity contribution in [2.24, 2.45) is 0 Å². The normalized spacial score (nSPS) is 18.4. The van der Waals surface area contributed by atoms with Crippen LogP contribution in [0.3, 0.4) is 0 Å². The van der Waals surface area contributed by atoms with Gasteiger partial charge in [-0.25, -0.2) is 0 Å². The molecule has 0 bridgehead atoms.